The molecule has 0 unspecified atom stereocenters. The van der Waals surface area contributed by atoms with E-state index in [0.29, 0.717) is 0 Å². The average Bonchev–Trinajstić information content (AvgIpc) is 2.41. The zero-order valence-corrected chi connectivity index (χ0v) is 10.2. The Hall–Kier alpha value is -0.160. The minimum absolute atomic E-state index is 0.0694. The van der Waals surface area contributed by atoms with Gasteiger partial charge in [-0.25, -0.2) is 0 Å². The summed E-state index contributed by atoms with van der Waals surface area (Å²) in [4.78, 5) is 11.9. The molecule has 0 fully saturated rings. The van der Waals surface area contributed by atoms with Crippen molar-refractivity contribution in [3.63, 3.8) is 0 Å². The largest absolute Gasteiger partial charge is 0.291 e. The molecule has 0 aliphatic heterocycles. The summed E-state index contributed by atoms with van der Waals surface area (Å²) in [6.45, 7) is 1.84. The smallest absolute Gasteiger partial charge is 0.193 e. The van der Waals surface area contributed by atoms with Gasteiger partial charge in [0.1, 0.15) is 3.23 Å². The average molecular weight is 308 g/mol. The first-order valence-electron chi connectivity index (χ1n) is 3.99. The first kappa shape index (κ1) is 9.40. The summed E-state index contributed by atoms with van der Waals surface area (Å²) >= 11 is 6.74. The van der Waals surface area contributed by atoms with Crippen molar-refractivity contribution in [1.82, 2.24) is 10.2 Å². The van der Waals surface area contributed by atoms with Crippen molar-refractivity contribution in [3.8, 4) is 0 Å². The van der Waals surface area contributed by atoms with Gasteiger partial charge in [0.2, 0.25) is 0 Å². The van der Waals surface area contributed by atoms with E-state index >= 15 is 0 Å². The topological polar surface area (TPSA) is 45.8 Å². The number of alkyl halides is 2. The van der Waals surface area contributed by atoms with Gasteiger partial charge in [0.15, 0.2) is 5.78 Å². The lowest BCUT2D eigenvalue weighted by molar-refractivity contribution is 0.0971. The Labute approximate surface area is 92.5 Å². The van der Waals surface area contributed by atoms with E-state index in [1.54, 1.807) is 0 Å². The van der Waals surface area contributed by atoms with Crippen molar-refractivity contribution in [2.75, 3.05) is 0 Å². The fourth-order valence-electron chi connectivity index (χ4n) is 1.54. The third-order valence-corrected chi connectivity index (χ3v) is 3.78. The molecule has 13 heavy (non-hydrogen) atoms. The second kappa shape index (κ2) is 2.92. The minimum atomic E-state index is -0.582. The second-order valence-corrected chi connectivity index (χ2v) is 6.97. The normalized spacial score (nSPS) is 20.1. The Morgan fingerprint density at radius 3 is 2.92 bits per heavy atom. The molecule has 0 saturated heterocycles. The van der Waals surface area contributed by atoms with Crippen molar-refractivity contribution in [2.24, 2.45) is 0 Å². The van der Waals surface area contributed by atoms with Gasteiger partial charge in [-0.3, -0.25) is 9.89 Å². The number of nitrogens with zero attached hydrogens (tertiary/aromatic N) is 1. The highest BCUT2D eigenvalue weighted by Crippen LogP contribution is 2.40. The fraction of sp³-hybridized carbons (Fsp3) is 0.500. The molecule has 1 aliphatic carbocycles. The van der Waals surface area contributed by atoms with Gasteiger partial charge >= 0.3 is 0 Å². The lowest BCUT2D eigenvalue weighted by atomic mass is 9.95. The van der Waals surface area contributed by atoms with E-state index in [2.05, 4.69) is 42.1 Å². The molecule has 1 heterocycles. The fourth-order valence-corrected chi connectivity index (χ4v) is 2.34. The van der Waals surface area contributed by atoms with E-state index in [-0.39, 0.29) is 5.78 Å². The molecule has 3 nitrogen and oxygen atoms in total. The number of fused-ring (bicyclic) bond motifs is 1. The predicted octanol–water partition coefficient (Wildman–Crippen LogP) is 2.33. The molecule has 0 aromatic carbocycles. The quantitative estimate of drug-likeness (QED) is 0.748. The third-order valence-electron chi connectivity index (χ3n) is 2.27. The predicted molar refractivity (Wildman–Crippen MR) is 56.6 cm³/mol. The van der Waals surface area contributed by atoms with Gasteiger partial charge in [-0.1, -0.05) is 31.9 Å². The van der Waals surface area contributed by atoms with Crippen LogP contribution in [-0.4, -0.2) is 19.2 Å². The molecule has 1 aliphatic rings. The van der Waals surface area contributed by atoms with E-state index in [0.717, 1.165) is 29.8 Å². The molecule has 0 saturated carbocycles. The van der Waals surface area contributed by atoms with E-state index < -0.39 is 3.23 Å². The zero-order valence-electron chi connectivity index (χ0n) is 7.03. The molecule has 0 atom stereocenters. The molecular formula is C8H8Br2N2O. The zero-order chi connectivity index (χ0) is 9.64. The molecule has 2 rings (SSSR count). The van der Waals surface area contributed by atoms with Crippen molar-refractivity contribution < 1.29 is 4.79 Å². The number of carbonyl (C=O) groups excluding carboxylic acids is 1. The van der Waals surface area contributed by atoms with Crippen molar-refractivity contribution in [2.45, 2.75) is 23.0 Å². The number of ketones is 1. The maximum atomic E-state index is 11.9. The molecule has 0 spiro atoms. The van der Waals surface area contributed by atoms with Gasteiger partial charge in [-0.15, -0.1) is 0 Å². The van der Waals surface area contributed by atoms with Crippen molar-refractivity contribution in [1.29, 1.82) is 0 Å². The summed E-state index contributed by atoms with van der Waals surface area (Å²) in [6, 6.07) is 0. The molecule has 1 N–H and O–H groups in total. The highest BCUT2D eigenvalue weighted by atomic mass is 79.9. The number of Topliss-reactive ketones (excluding diaryl/α,β-unsaturated/α-hetero) is 1. The first-order chi connectivity index (χ1) is 6.02. The number of rotatable bonds is 0. The number of carbonyl (C=O) groups is 1. The molecule has 5 heteroatoms. The van der Waals surface area contributed by atoms with Crippen LogP contribution in [0.15, 0.2) is 0 Å². The van der Waals surface area contributed by atoms with Crippen molar-refractivity contribution >= 4 is 37.6 Å². The van der Waals surface area contributed by atoms with Crippen LogP contribution in [0, 0.1) is 6.92 Å². The number of aryl methyl sites for hydroxylation is 2. The highest BCUT2D eigenvalue weighted by Gasteiger charge is 2.40. The molecule has 0 radical (unpaired) electrons. The van der Waals surface area contributed by atoms with E-state index in [1.165, 1.54) is 0 Å². The molecule has 1 aromatic heterocycles. The van der Waals surface area contributed by atoms with Crippen LogP contribution in [0.25, 0.3) is 0 Å². The Balaban J connectivity index is 2.55. The van der Waals surface area contributed by atoms with Crippen molar-refractivity contribution in [3.05, 3.63) is 17.0 Å². The van der Waals surface area contributed by atoms with Gasteiger partial charge in [0.25, 0.3) is 0 Å². The summed E-state index contributed by atoms with van der Waals surface area (Å²) in [7, 11) is 0. The summed E-state index contributed by atoms with van der Waals surface area (Å²) in [5, 5.41) is 6.91. The SMILES string of the molecule is Cc1n[nH]c2c1C(=O)C(Br)(Br)CC2. The summed E-state index contributed by atoms with van der Waals surface area (Å²) in [6.07, 6.45) is 1.60. The van der Waals surface area contributed by atoms with Gasteiger partial charge in [0.05, 0.1) is 11.3 Å². The number of aromatic nitrogens is 2. The maximum Gasteiger partial charge on any atom is 0.193 e. The number of halogens is 2. The molecule has 1 aromatic rings. The van der Waals surface area contributed by atoms with Crippen LogP contribution in [-0.2, 0) is 6.42 Å². The highest BCUT2D eigenvalue weighted by molar-refractivity contribution is 9.26. The second-order valence-electron chi connectivity index (χ2n) is 3.20. The summed E-state index contributed by atoms with van der Waals surface area (Å²) in [5.74, 6) is 0.0694. The third kappa shape index (κ3) is 1.38. The van der Waals surface area contributed by atoms with Gasteiger partial charge in [-0.05, 0) is 19.8 Å². The van der Waals surface area contributed by atoms with E-state index in [1.807, 2.05) is 6.92 Å². The van der Waals surface area contributed by atoms with Crippen LogP contribution in [0.4, 0.5) is 0 Å². The number of hydrogen-bond donors (Lipinski definition) is 1. The Morgan fingerprint density at radius 1 is 1.54 bits per heavy atom. The van der Waals surface area contributed by atoms with Crippen LogP contribution in [0.2, 0.25) is 0 Å². The van der Waals surface area contributed by atoms with Gasteiger partial charge < -0.3 is 0 Å². The molecule has 0 bridgehead atoms. The van der Waals surface area contributed by atoms with Gasteiger partial charge in [0, 0.05) is 5.69 Å². The molecule has 0 amide bonds. The number of aromatic amines is 1. The summed E-state index contributed by atoms with van der Waals surface area (Å²) < 4.78 is -0.582. The van der Waals surface area contributed by atoms with Gasteiger partial charge in [-0.2, -0.15) is 5.10 Å². The Kier molecular flexibility index (Phi) is 2.11. The Bertz CT molecular complexity index is 370. The lowest BCUT2D eigenvalue weighted by Crippen LogP contribution is -2.31. The molecule has 70 valence electrons. The maximum absolute atomic E-state index is 11.9. The first-order valence-corrected chi connectivity index (χ1v) is 5.57. The van der Waals surface area contributed by atoms with Crippen LogP contribution < -0.4 is 0 Å². The van der Waals surface area contributed by atoms with Crippen LogP contribution in [0.1, 0.15) is 28.2 Å². The number of nitrogens with one attached hydrogen (secondary N) is 1. The van der Waals surface area contributed by atoms with E-state index in [9.17, 15) is 4.79 Å². The van der Waals surface area contributed by atoms with E-state index in [4.69, 9.17) is 0 Å². The van der Waals surface area contributed by atoms with Crippen LogP contribution in [0.5, 0.6) is 0 Å². The summed E-state index contributed by atoms with van der Waals surface area (Å²) in [5.41, 5.74) is 2.47. The lowest BCUT2D eigenvalue weighted by Gasteiger charge is -2.23. The number of hydrogen-bond acceptors (Lipinski definition) is 2. The minimum Gasteiger partial charge on any atom is -0.291 e. The monoisotopic (exact) mass is 306 g/mol. The van der Waals surface area contributed by atoms with Crippen LogP contribution in [0.3, 0.4) is 0 Å². The van der Waals surface area contributed by atoms with Crippen LogP contribution >= 0.6 is 31.9 Å². The standard InChI is InChI=1S/C8H8Br2N2O/c1-4-6-5(12-11-4)2-3-8(9,10)7(6)13/h2-3H2,1H3,(H,11,12). The Morgan fingerprint density at radius 2 is 2.23 bits per heavy atom. The number of H-pyrrole nitrogens is 1. The molecular weight excluding hydrogens is 300 g/mol.